The molecule has 0 radical (unpaired) electrons. The summed E-state index contributed by atoms with van der Waals surface area (Å²) in [4.78, 5) is 0.857. The minimum Gasteiger partial charge on any atom is -0.207 e. The highest BCUT2D eigenvalue weighted by molar-refractivity contribution is 7.98. The summed E-state index contributed by atoms with van der Waals surface area (Å²) in [5.41, 5.74) is 0.567. The van der Waals surface area contributed by atoms with E-state index in [0.29, 0.717) is 11.3 Å². The van der Waals surface area contributed by atoms with Crippen LogP contribution in [-0.2, 0) is 5.75 Å². The summed E-state index contributed by atoms with van der Waals surface area (Å²) in [6.45, 7) is 0. The standard InChI is InChI=1S/C13H9F3S/c14-10-1-3-13(4-2-10)17-8-9-5-11(15)7-12(16)6-9/h1-7H,8H2. The fraction of sp³-hybridized carbons (Fsp3) is 0.0769. The Labute approximate surface area is 101 Å². The predicted octanol–water partition coefficient (Wildman–Crippen LogP) is 4.40. The van der Waals surface area contributed by atoms with Crippen molar-refractivity contribution in [2.24, 2.45) is 0 Å². The molecule has 0 heterocycles. The molecule has 2 aromatic carbocycles. The smallest absolute Gasteiger partial charge is 0.126 e. The fourth-order valence-corrected chi connectivity index (χ4v) is 2.22. The first-order valence-electron chi connectivity index (χ1n) is 4.97. The Bertz CT molecular complexity index is 488. The molecule has 0 saturated heterocycles. The first-order valence-corrected chi connectivity index (χ1v) is 5.95. The second kappa shape index (κ2) is 5.27. The zero-order valence-corrected chi connectivity index (χ0v) is 9.61. The second-order valence-corrected chi connectivity index (χ2v) is 4.57. The minimum atomic E-state index is -0.584. The van der Waals surface area contributed by atoms with E-state index < -0.39 is 11.6 Å². The summed E-state index contributed by atoms with van der Waals surface area (Å²) in [6.07, 6.45) is 0. The van der Waals surface area contributed by atoms with Crippen molar-refractivity contribution < 1.29 is 13.2 Å². The van der Waals surface area contributed by atoms with Crippen LogP contribution in [0.5, 0.6) is 0 Å². The first-order chi connectivity index (χ1) is 8.13. The third kappa shape index (κ3) is 3.53. The van der Waals surface area contributed by atoms with Gasteiger partial charge in [0, 0.05) is 16.7 Å². The van der Waals surface area contributed by atoms with Crippen molar-refractivity contribution in [3.63, 3.8) is 0 Å². The van der Waals surface area contributed by atoms with Gasteiger partial charge in [0.15, 0.2) is 0 Å². The Morgan fingerprint density at radius 2 is 1.35 bits per heavy atom. The lowest BCUT2D eigenvalue weighted by Gasteiger charge is -2.02. The molecule has 0 aromatic heterocycles. The highest BCUT2D eigenvalue weighted by atomic mass is 32.2. The molecular weight excluding hydrogens is 245 g/mol. The Kier molecular flexibility index (Phi) is 3.74. The molecule has 17 heavy (non-hydrogen) atoms. The molecule has 0 N–H and O–H groups in total. The Hall–Kier alpha value is -1.42. The highest BCUT2D eigenvalue weighted by Gasteiger charge is 2.02. The van der Waals surface area contributed by atoms with E-state index in [1.165, 1.54) is 36.0 Å². The van der Waals surface area contributed by atoms with Gasteiger partial charge < -0.3 is 0 Å². The highest BCUT2D eigenvalue weighted by Crippen LogP contribution is 2.23. The molecule has 2 aromatic rings. The van der Waals surface area contributed by atoms with E-state index in [1.54, 1.807) is 12.1 Å². The molecule has 0 unspecified atom stereocenters. The lowest BCUT2D eigenvalue weighted by atomic mass is 10.2. The minimum absolute atomic E-state index is 0.300. The molecule has 0 nitrogen and oxygen atoms in total. The van der Waals surface area contributed by atoms with Gasteiger partial charge in [-0.05, 0) is 42.0 Å². The van der Waals surface area contributed by atoms with Gasteiger partial charge in [0.2, 0.25) is 0 Å². The summed E-state index contributed by atoms with van der Waals surface area (Å²) < 4.78 is 38.5. The molecule has 0 bridgehead atoms. The van der Waals surface area contributed by atoms with E-state index in [-0.39, 0.29) is 5.82 Å². The number of hydrogen-bond acceptors (Lipinski definition) is 1. The van der Waals surface area contributed by atoms with E-state index in [0.717, 1.165) is 11.0 Å². The third-order valence-electron chi connectivity index (χ3n) is 2.14. The molecule has 0 aliphatic heterocycles. The van der Waals surface area contributed by atoms with Crippen LogP contribution in [-0.4, -0.2) is 0 Å². The number of thioether (sulfide) groups is 1. The second-order valence-electron chi connectivity index (χ2n) is 3.52. The molecule has 0 atom stereocenters. The molecule has 0 aliphatic carbocycles. The topological polar surface area (TPSA) is 0 Å². The maximum Gasteiger partial charge on any atom is 0.126 e. The van der Waals surface area contributed by atoms with Crippen LogP contribution in [0.4, 0.5) is 13.2 Å². The van der Waals surface area contributed by atoms with Crippen LogP contribution in [0.25, 0.3) is 0 Å². The lowest BCUT2D eigenvalue weighted by Crippen LogP contribution is -1.86. The van der Waals surface area contributed by atoms with Crippen LogP contribution in [0.1, 0.15) is 5.56 Å². The van der Waals surface area contributed by atoms with Crippen LogP contribution >= 0.6 is 11.8 Å². The van der Waals surface area contributed by atoms with E-state index in [9.17, 15) is 13.2 Å². The number of halogens is 3. The van der Waals surface area contributed by atoms with E-state index in [4.69, 9.17) is 0 Å². The van der Waals surface area contributed by atoms with Crippen LogP contribution in [0.3, 0.4) is 0 Å². The number of benzene rings is 2. The van der Waals surface area contributed by atoms with Crippen molar-refractivity contribution in [2.75, 3.05) is 0 Å². The van der Waals surface area contributed by atoms with Crippen molar-refractivity contribution in [1.82, 2.24) is 0 Å². The largest absolute Gasteiger partial charge is 0.207 e. The lowest BCUT2D eigenvalue weighted by molar-refractivity contribution is 0.581. The molecule has 0 amide bonds. The Morgan fingerprint density at radius 3 is 1.94 bits per heavy atom. The zero-order chi connectivity index (χ0) is 12.3. The van der Waals surface area contributed by atoms with Crippen molar-refractivity contribution in [3.05, 3.63) is 65.5 Å². The van der Waals surface area contributed by atoms with Crippen molar-refractivity contribution in [2.45, 2.75) is 10.6 Å². The Morgan fingerprint density at radius 1 is 0.765 bits per heavy atom. The van der Waals surface area contributed by atoms with Gasteiger partial charge in [0.1, 0.15) is 17.5 Å². The average Bonchev–Trinajstić information content (AvgIpc) is 2.27. The fourth-order valence-electron chi connectivity index (χ4n) is 1.39. The molecule has 4 heteroatoms. The maximum atomic E-state index is 12.9. The third-order valence-corrected chi connectivity index (χ3v) is 3.22. The van der Waals surface area contributed by atoms with Crippen LogP contribution in [0.15, 0.2) is 47.4 Å². The van der Waals surface area contributed by atoms with Gasteiger partial charge in [0.05, 0.1) is 0 Å². The van der Waals surface area contributed by atoms with Gasteiger partial charge in [-0.15, -0.1) is 11.8 Å². The van der Waals surface area contributed by atoms with Crippen molar-refractivity contribution >= 4 is 11.8 Å². The SMILES string of the molecule is Fc1ccc(SCc2cc(F)cc(F)c2)cc1. The predicted molar refractivity (Wildman–Crippen MR) is 62.3 cm³/mol. The summed E-state index contributed by atoms with van der Waals surface area (Å²) in [7, 11) is 0. The summed E-state index contributed by atoms with van der Waals surface area (Å²) in [5, 5.41) is 0. The number of hydrogen-bond donors (Lipinski definition) is 0. The van der Waals surface area contributed by atoms with Gasteiger partial charge in [0.25, 0.3) is 0 Å². The van der Waals surface area contributed by atoms with E-state index in [2.05, 4.69) is 0 Å². The van der Waals surface area contributed by atoms with Crippen LogP contribution in [0.2, 0.25) is 0 Å². The molecule has 0 aliphatic rings. The van der Waals surface area contributed by atoms with E-state index in [1.807, 2.05) is 0 Å². The Balaban J connectivity index is 2.04. The van der Waals surface area contributed by atoms with Gasteiger partial charge in [-0.1, -0.05) is 0 Å². The first kappa shape index (κ1) is 12.0. The molecule has 0 spiro atoms. The van der Waals surface area contributed by atoms with Crippen molar-refractivity contribution in [3.8, 4) is 0 Å². The molecule has 0 fully saturated rings. The van der Waals surface area contributed by atoms with Crippen LogP contribution in [0, 0.1) is 17.5 Å². The quantitative estimate of drug-likeness (QED) is 0.732. The van der Waals surface area contributed by atoms with Gasteiger partial charge in [-0.25, -0.2) is 13.2 Å². The number of rotatable bonds is 3. The average molecular weight is 254 g/mol. The molecule has 2 rings (SSSR count). The van der Waals surface area contributed by atoms with E-state index >= 15 is 0 Å². The summed E-state index contributed by atoms with van der Waals surface area (Å²) in [6, 6.07) is 9.40. The molecule has 88 valence electrons. The zero-order valence-electron chi connectivity index (χ0n) is 8.79. The van der Waals surface area contributed by atoms with Crippen molar-refractivity contribution in [1.29, 1.82) is 0 Å². The van der Waals surface area contributed by atoms with Gasteiger partial charge in [-0.2, -0.15) is 0 Å². The summed E-state index contributed by atoms with van der Waals surface area (Å²) >= 11 is 1.40. The monoisotopic (exact) mass is 254 g/mol. The molecule has 0 saturated carbocycles. The maximum absolute atomic E-state index is 12.9. The van der Waals surface area contributed by atoms with Crippen LogP contribution < -0.4 is 0 Å². The normalized spacial score (nSPS) is 10.5. The molecular formula is C13H9F3S. The van der Waals surface area contributed by atoms with Gasteiger partial charge >= 0.3 is 0 Å². The summed E-state index contributed by atoms with van der Waals surface area (Å²) in [5.74, 6) is -1.02. The van der Waals surface area contributed by atoms with Gasteiger partial charge in [-0.3, -0.25) is 0 Å².